The van der Waals surface area contributed by atoms with Gasteiger partial charge in [-0.3, -0.25) is 9.20 Å². The second-order valence-electron chi connectivity index (χ2n) is 6.58. The summed E-state index contributed by atoms with van der Waals surface area (Å²) in [5, 5.41) is 5.67. The van der Waals surface area contributed by atoms with Crippen LogP contribution in [0.5, 0.6) is 5.75 Å². The number of rotatable bonds is 6. The van der Waals surface area contributed by atoms with Gasteiger partial charge in [0.25, 0.3) is 5.56 Å². The number of urea groups is 1. The van der Waals surface area contributed by atoms with Gasteiger partial charge in [0.15, 0.2) is 0 Å². The second-order valence-corrected chi connectivity index (χ2v) is 7.60. The molecule has 4 aromatic rings. The third kappa shape index (κ3) is 4.87. The van der Waals surface area contributed by atoms with Crippen LogP contribution in [-0.4, -0.2) is 22.5 Å². The molecule has 0 saturated heterocycles. The highest BCUT2D eigenvalue weighted by Crippen LogP contribution is 2.30. The highest BCUT2D eigenvalue weighted by Gasteiger charge is 2.11. The van der Waals surface area contributed by atoms with Crippen molar-refractivity contribution in [1.29, 1.82) is 0 Å². The largest absolute Gasteiger partial charge is 0.495 e. The molecule has 0 atom stereocenters. The van der Waals surface area contributed by atoms with Crippen LogP contribution in [0.3, 0.4) is 0 Å². The molecule has 0 fully saturated rings. The fraction of sp³-hybridized carbons (Fsp3) is 0.0870. The molecule has 8 heteroatoms. The van der Waals surface area contributed by atoms with Crippen molar-refractivity contribution in [3.63, 3.8) is 0 Å². The molecule has 7 nitrogen and oxygen atoms in total. The summed E-state index contributed by atoms with van der Waals surface area (Å²) < 4.78 is 6.77. The molecule has 0 unspecified atom stereocenters. The predicted molar refractivity (Wildman–Crippen MR) is 123 cm³/mol. The maximum absolute atomic E-state index is 12.5. The number of nitrogens with zero attached hydrogens (tertiary/aromatic N) is 2. The summed E-state index contributed by atoms with van der Waals surface area (Å²) >= 11 is 1.50. The molecule has 156 valence electrons. The summed E-state index contributed by atoms with van der Waals surface area (Å²) in [4.78, 5) is 30.2. The number of ether oxygens (including phenoxy) is 1. The molecular formula is C23H20N4O3S. The minimum absolute atomic E-state index is 0.121. The molecule has 2 aromatic heterocycles. The normalized spacial score (nSPS) is 10.6. The van der Waals surface area contributed by atoms with Gasteiger partial charge in [0.1, 0.15) is 11.4 Å². The zero-order valence-corrected chi connectivity index (χ0v) is 17.6. The van der Waals surface area contributed by atoms with E-state index in [1.807, 2.05) is 42.5 Å². The lowest BCUT2D eigenvalue weighted by Crippen LogP contribution is -2.20. The Hall–Kier alpha value is -3.78. The Kier molecular flexibility index (Phi) is 6.18. The van der Waals surface area contributed by atoms with E-state index < -0.39 is 0 Å². The van der Waals surface area contributed by atoms with E-state index in [0.717, 1.165) is 4.90 Å². The molecule has 4 rings (SSSR count). The van der Waals surface area contributed by atoms with E-state index in [2.05, 4.69) is 15.6 Å². The van der Waals surface area contributed by atoms with E-state index in [9.17, 15) is 9.59 Å². The number of anilines is 2. The third-order valence-corrected chi connectivity index (χ3v) is 5.60. The van der Waals surface area contributed by atoms with Gasteiger partial charge in [-0.1, -0.05) is 30.3 Å². The highest BCUT2D eigenvalue weighted by atomic mass is 32.2. The van der Waals surface area contributed by atoms with E-state index in [1.54, 1.807) is 37.6 Å². The van der Waals surface area contributed by atoms with E-state index in [0.29, 0.717) is 34.2 Å². The number of aromatic nitrogens is 2. The van der Waals surface area contributed by atoms with Crippen molar-refractivity contribution in [3.05, 3.63) is 95.0 Å². The minimum Gasteiger partial charge on any atom is -0.495 e. The van der Waals surface area contributed by atoms with E-state index in [4.69, 9.17) is 4.74 Å². The maximum atomic E-state index is 12.5. The van der Waals surface area contributed by atoms with Crippen molar-refractivity contribution >= 4 is 34.8 Å². The van der Waals surface area contributed by atoms with E-state index in [-0.39, 0.29) is 11.6 Å². The third-order valence-electron chi connectivity index (χ3n) is 4.49. The van der Waals surface area contributed by atoms with Crippen LogP contribution in [0.25, 0.3) is 5.65 Å². The van der Waals surface area contributed by atoms with Gasteiger partial charge in [0, 0.05) is 22.9 Å². The van der Waals surface area contributed by atoms with Gasteiger partial charge in [0.05, 0.1) is 24.2 Å². The molecule has 0 aliphatic rings. The average molecular weight is 433 g/mol. The summed E-state index contributed by atoms with van der Waals surface area (Å²) in [6.07, 6.45) is 1.70. The fourth-order valence-electron chi connectivity index (χ4n) is 3.05. The Balaban J connectivity index is 1.47. The number of pyridine rings is 1. The SMILES string of the molecule is COc1ccccc1NC(=O)Nc1ccccc1SCc1cc(=O)n2ccccc2n1. The summed E-state index contributed by atoms with van der Waals surface area (Å²) in [5.41, 5.74) is 2.40. The van der Waals surface area contributed by atoms with Crippen molar-refractivity contribution in [3.8, 4) is 5.75 Å². The average Bonchev–Trinajstić information content (AvgIpc) is 2.79. The quantitative estimate of drug-likeness (QED) is 0.434. The first kappa shape index (κ1) is 20.5. The first-order valence-corrected chi connectivity index (χ1v) is 10.5. The number of methoxy groups -OCH3 is 1. The van der Waals surface area contributed by atoms with Crippen LogP contribution in [0, 0.1) is 0 Å². The number of benzene rings is 2. The number of para-hydroxylation sites is 3. The van der Waals surface area contributed by atoms with Crippen LogP contribution in [0.2, 0.25) is 0 Å². The lowest BCUT2D eigenvalue weighted by atomic mass is 10.3. The van der Waals surface area contributed by atoms with Crippen molar-refractivity contribution in [2.75, 3.05) is 17.7 Å². The molecule has 31 heavy (non-hydrogen) atoms. The molecule has 2 aromatic carbocycles. The number of carbonyl (C=O) groups excluding carboxylic acids is 1. The summed E-state index contributed by atoms with van der Waals surface area (Å²) in [7, 11) is 1.55. The molecule has 2 heterocycles. The topological polar surface area (TPSA) is 84.7 Å². The molecular weight excluding hydrogens is 412 g/mol. The summed E-state index contributed by atoms with van der Waals surface area (Å²) in [6.45, 7) is 0. The number of carbonyl (C=O) groups is 1. The van der Waals surface area contributed by atoms with Crippen LogP contribution in [-0.2, 0) is 5.75 Å². The molecule has 0 bridgehead atoms. The first-order valence-electron chi connectivity index (χ1n) is 9.54. The van der Waals surface area contributed by atoms with Gasteiger partial charge >= 0.3 is 6.03 Å². The Morgan fingerprint density at radius 2 is 1.71 bits per heavy atom. The number of thioether (sulfide) groups is 1. The Morgan fingerprint density at radius 3 is 2.55 bits per heavy atom. The van der Waals surface area contributed by atoms with Crippen LogP contribution in [0.1, 0.15) is 5.69 Å². The van der Waals surface area contributed by atoms with Gasteiger partial charge in [0.2, 0.25) is 0 Å². The number of hydrogen-bond acceptors (Lipinski definition) is 5. The Labute approximate surface area is 183 Å². The molecule has 0 radical (unpaired) electrons. The maximum Gasteiger partial charge on any atom is 0.323 e. The lowest BCUT2D eigenvalue weighted by molar-refractivity contribution is 0.262. The number of amides is 2. The van der Waals surface area contributed by atoms with Crippen LogP contribution < -0.4 is 20.9 Å². The van der Waals surface area contributed by atoms with Gasteiger partial charge < -0.3 is 15.4 Å². The van der Waals surface area contributed by atoms with Gasteiger partial charge in [-0.15, -0.1) is 11.8 Å². The number of fused-ring (bicyclic) bond motifs is 1. The predicted octanol–water partition coefficient (Wildman–Crippen LogP) is 4.64. The molecule has 2 N–H and O–H groups in total. The second kappa shape index (κ2) is 9.36. The van der Waals surface area contributed by atoms with Crippen molar-refractivity contribution < 1.29 is 9.53 Å². The number of nitrogens with one attached hydrogen (secondary N) is 2. The van der Waals surface area contributed by atoms with Crippen molar-refractivity contribution in [1.82, 2.24) is 9.38 Å². The number of hydrogen-bond donors (Lipinski definition) is 2. The minimum atomic E-state index is -0.375. The molecule has 0 aliphatic heterocycles. The van der Waals surface area contributed by atoms with Crippen LogP contribution in [0.4, 0.5) is 16.2 Å². The highest BCUT2D eigenvalue weighted by molar-refractivity contribution is 7.98. The summed E-state index contributed by atoms with van der Waals surface area (Å²) in [5.74, 6) is 1.07. The van der Waals surface area contributed by atoms with Crippen molar-refractivity contribution in [2.45, 2.75) is 10.6 Å². The molecule has 0 spiro atoms. The van der Waals surface area contributed by atoms with Gasteiger partial charge in [-0.05, 0) is 36.4 Å². The van der Waals surface area contributed by atoms with Crippen LogP contribution in [0.15, 0.2) is 88.7 Å². The summed E-state index contributed by atoms with van der Waals surface area (Å²) in [6, 6.07) is 21.3. The smallest absolute Gasteiger partial charge is 0.323 e. The first-order chi connectivity index (χ1) is 15.1. The fourth-order valence-corrected chi connectivity index (χ4v) is 3.95. The van der Waals surface area contributed by atoms with Gasteiger partial charge in [-0.25, -0.2) is 9.78 Å². The van der Waals surface area contributed by atoms with E-state index in [1.165, 1.54) is 22.2 Å². The van der Waals surface area contributed by atoms with Crippen LogP contribution >= 0.6 is 11.8 Å². The molecule has 2 amide bonds. The lowest BCUT2D eigenvalue weighted by Gasteiger charge is -2.13. The van der Waals surface area contributed by atoms with E-state index >= 15 is 0 Å². The molecule has 0 aliphatic carbocycles. The zero-order chi connectivity index (χ0) is 21.6. The monoisotopic (exact) mass is 432 g/mol. The van der Waals surface area contributed by atoms with Gasteiger partial charge in [-0.2, -0.15) is 0 Å². The Morgan fingerprint density at radius 1 is 1.00 bits per heavy atom. The Bertz CT molecular complexity index is 1290. The zero-order valence-electron chi connectivity index (χ0n) is 16.7. The van der Waals surface area contributed by atoms with Crippen molar-refractivity contribution in [2.24, 2.45) is 0 Å². The standard InChI is InChI=1S/C23H20N4O3S/c1-30-19-10-4-2-8-17(19)25-23(29)26-18-9-3-5-11-20(18)31-15-16-14-22(28)27-13-7-6-12-21(27)24-16/h2-14H,15H2,1H3,(H2,25,26,29). The molecule has 0 saturated carbocycles.